The highest BCUT2D eigenvalue weighted by Gasteiger charge is 2.29. The minimum atomic E-state index is -0.468. The molecular weight excluding hydrogens is 415 g/mol. The van der Waals surface area contributed by atoms with Crippen molar-refractivity contribution in [3.05, 3.63) is 64.2 Å². The molecule has 0 bridgehead atoms. The maximum atomic E-state index is 13.7. The Hall–Kier alpha value is -3.00. The quantitative estimate of drug-likeness (QED) is 0.600. The molecule has 0 saturated carbocycles. The molecule has 1 amide bonds. The Labute approximate surface area is 185 Å². The van der Waals surface area contributed by atoms with Gasteiger partial charge in [0.05, 0.1) is 5.69 Å². The number of anilines is 2. The van der Waals surface area contributed by atoms with Crippen LogP contribution in [0.25, 0.3) is 0 Å². The highest BCUT2D eigenvalue weighted by Crippen LogP contribution is 2.30. The van der Waals surface area contributed by atoms with Gasteiger partial charge in [0.2, 0.25) is 0 Å². The maximum absolute atomic E-state index is 13.7. The Balaban J connectivity index is 1.39. The third kappa shape index (κ3) is 5.02. The summed E-state index contributed by atoms with van der Waals surface area (Å²) in [5, 5.41) is 4.24. The maximum Gasteiger partial charge on any atom is 0.260 e. The summed E-state index contributed by atoms with van der Waals surface area (Å²) in [6.07, 6.45) is 0.830. The first-order valence-electron chi connectivity index (χ1n) is 10.2. The second kappa shape index (κ2) is 9.01. The Kier molecular flexibility index (Phi) is 6.18. The summed E-state index contributed by atoms with van der Waals surface area (Å²) in [4.78, 5) is 24.8. The minimum Gasteiger partial charge on any atom is -0.481 e. The van der Waals surface area contributed by atoms with Gasteiger partial charge in [0.1, 0.15) is 0 Å². The Morgan fingerprint density at radius 1 is 1.26 bits per heavy atom. The molecule has 1 atom stereocenters. The lowest BCUT2D eigenvalue weighted by Crippen LogP contribution is -2.33. The van der Waals surface area contributed by atoms with Crippen molar-refractivity contribution in [1.82, 2.24) is 14.9 Å². The fourth-order valence-corrected chi connectivity index (χ4v) is 4.48. The van der Waals surface area contributed by atoms with Crippen molar-refractivity contribution >= 4 is 28.1 Å². The number of benzene rings is 1. The number of hydrogen-bond donors (Lipinski definition) is 1. The molecule has 3 aromatic rings. The monoisotopic (exact) mass is 440 g/mol. The topological polar surface area (TPSA) is 67.4 Å². The van der Waals surface area contributed by atoms with Crippen molar-refractivity contribution in [2.24, 2.45) is 0 Å². The average molecular weight is 441 g/mol. The van der Waals surface area contributed by atoms with E-state index < -0.39 is 5.82 Å². The van der Waals surface area contributed by atoms with Gasteiger partial charge in [-0.1, -0.05) is 12.1 Å². The van der Waals surface area contributed by atoms with Gasteiger partial charge in [-0.2, -0.15) is 0 Å². The first kappa shape index (κ1) is 21.2. The van der Waals surface area contributed by atoms with E-state index in [0.717, 1.165) is 34.3 Å². The number of hydrogen-bond acceptors (Lipinski definition) is 6. The normalized spacial score (nSPS) is 15.9. The van der Waals surface area contributed by atoms with Crippen LogP contribution in [-0.2, 0) is 4.79 Å². The van der Waals surface area contributed by atoms with Gasteiger partial charge in [-0.15, -0.1) is 11.3 Å². The second-order valence-electron chi connectivity index (χ2n) is 7.75. The van der Waals surface area contributed by atoms with E-state index in [-0.39, 0.29) is 24.2 Å². The number of para-hydroxylation sites is 1. The van der Waals surface area contributed by atoms with Crippen molar-refractivity contribution in [1.29, 1.82) is 0 Å². The number of amides is 1. The fourth-order valence-electron chi connectivity index (χ4n) is 3.65. The van der Waals surface area contributed by atoms with E-state index in [1.807, 2.05) is 26.0 Å². The van der Waals surface area contributed by atoms with Gasteiger partial charge >= 0.3 is 0 Å². The van der Waals surface area contributed by atoms with Crippen LogP contribution in [0.4, 0.5) is 15.2 Å². The molecule has 0 aliphatic carbocycles. The number of halogens is 1. The highest BCUT2D eigenvalue weighted by atomic mass is 32.1. The van der Waals surface area contributed by atoms with Gasteiger partial charge in [-0.3, -0.25) is 9.78 Å². The van der Waals surface area contributed by atoms with Crippen LogP contribution >= 0.6 is 11.3 Å². The van der Waals surface area contributed by atoms with Gasteiger partial charge in [-0.25, -0.2) is 9.37 Å². The van der Waals surface area contributed by atoms with Crippen LogP contribution in [0.5, 0.6) is 5.75 Å². The zero-order chi connectivity index (χ0) is 22.0. The molecule has 1 aromatic carbocycles. The van der Waals surface area contributed by atoms with Crippen LogP contribution in [0, 0.1) is 26.6 Å². The van der Waals surface area contributed by atoms with E-state index in [4.69, 9.17) is 9.72 Å². The number of thiazole rings is 1. The number of nitrogens with one attached hydrogen (secondary N) is 1. The molecule has 3 heterocycles. The molecule has 1 saturated heterocycles. The van der Waals surface area contributed by atoms with E-state index in [1.54, 1.807) is 28.4 Å². The van der Waals surface area contributed by atoms with Crippen molar-refractivity contribution in [3.63, 3.8) is 0 Å². The molecule has 1 aliphatic rings. The smallest absolute Gasteiger partial charge is 0.260 e. The van der Waals surface area contributed by atoms with E-state index in [9.17, 15) is 9.18 Å². The van der Waals surface area contributed by atoms with Crippen molar-refractivity contribution < 1.29 is 13.9 Å². The summed E-state index contributed by atoms with van der Waals surface area (Å²) >= 11 is 1.63. The van der Waals surface area contributed by atoms with Crippen LogP contribution in [0.15, 0.2) is 36.4 Å². The van der Waals surface area contributed by atoms with Crippen molar-refractivity contribution in [2.45, 2.75) is 33.1 Å². The number of aryl methyl sites for hydroxylation is 3. The molecule has 4 rings (SSSR count). The molecule has 0 spiro atoms. The number of aromatic nitrogens is 2. The van der Waals surface area contributed by atoms with Crippen molar-refractivity contribution in [2.75, 3.05) is 25.0 Å². The molecule has 1 aliphatic heterocycles. The largest absolute Gasteiger partial charge is 0.481 e. The molecule has 1 fully saturated rings. The Morgan fingerprint density at radius 3 is 2.81 bits per heavy atom. The van der Waals surface area contributed by atoms with E-state index in [0.29, 0.717) is 13.1 Å². The standard InChI is InChI=1S/C23H25FN4O2S/c1-14-10-18(27-23-26-15(2)16(3)31-23)11-20(25-14)17-8-9-28(12-17)22(29)13-30-21-7-5-4-6-19(21)24/h4-7,10-11,17H,8-9,12-13H2,1-3H3,(H,25,26,27)/t17-/m0/s1. The van der Waals surface area contributed by atoms with Gasteiger partial charge in [0, 0.05) is 41.0 Å². The molecule has 6 nitrogen and oxygen atoms in total. The third-order valence-electron chi connectivity index (χ3n) is 5.40. The van der Waals surface area contributed by atoms with Crippen LogP contribution in [0.2, 0.25) is 0 Å². The molecule has 0 unspecified atom stereocenters. The highest BCUT2D eigenvalue weighted by molar-refractivity contribution is 7.15. The summed E-state index contributed by atoms with van der Waals surface area (Å²) in [5.74, 6) is -0.373. The number of carbonyl (C=O) groups is 1. The summed E-state index contributed by atoms with van der Waals surface area (Å²) in [6.45, 7) is 7.05. The third-order valence-corrected chi connectivity index (χ3v) is 6.39. The average Bonchev–Trinajstić information content (AvgIpc) is 3.34. The van der Waals surface area contributed by atoms with E-state index >= 15 is 0 Å². The van der Waals surface area contributed by atoms with Crippen LogP contribution < -0.4 is 10.1 Å². The Morgan fingerprint density at radius 2 is 2.06 bits per heavy atom. The molecule has 8 heteroatoms. The predicted molar refractivity (Wildman–Crippen MR) is 120 cm³/mol. The van der Waals surface area contributed by atoms with Crippen LogP contribution in [0.1, 0.15) is 34.3 Å². The number of rotatable bonds is 6. The van der Waals surface area contributed by atoms with Gasteiger partial charge in [0.15, 0.2) is 23.3 Å². The summed E-state index contributed by atoms with van der Waals surface area (Å²) in [6, 6.07) is 10.1. The number of pyridine rings is 1. The first-order valence-corrected chi connectivity index (χ1v) is 11.1. The summed E-state index contributed by atoms with van der Waals surface area (Å²) in [5.41, 5.74) is 3.85. The molecule has 0 radical (unpaired) electrons. The first-order chi connectivity index (χ1) is 14.9. The van der Waals surface area contributed by atoms with E-state index in [1.165, 1.54) is 17.0 Å². The molecular formula is C23H25FN4O2S. The van der Waals surface area contributed by atoms with Crippen molar-refractivity contribution in [3.8, 4) is 5.75 Å². The zero-order valence-electron chi connectivity index (χ0n) is 17.8. The fraction of sp³-hybridized carbons (Fsp3) is 0.348. The molecule has 162 valence electrons. The Bertz CT molecular complexity index is 1080. The number of nitrogens with zero attached hydrogens (tertiary/aromatic N) is 3. The second-order valence-corrected chi connectivity index (χ2v) is 8.96. The lowest BCUT2D eigenvalue weighted by Gasteiger charge is -2.17. The zero-order valence-corrected chi connectivity index (χ0v) is 18.6. The van der Waals surface area contributed by atoms with Gasteiger partial charge in [0.25, 0.3) is 5.91 Å². The lowest BCUT2D eigenvalue weighted by atomic mass is 10.0. The lowest BCUT2D eigenvalue weighted by molar-refractivity contribution is -0.132. The number of likely N-dealkylation sites (tertiary alicyclic amines) is 1. The SMILES string of the molecule is Cc1cc(Nc2nc(C)c(C)s2)cc([C@H]2CCN(C(=O)COc3ccccc3F)C2)n1. The molecule has 31 heavy (non-hydrogen) atoms. The van der Waals surface area contributed by atoms with Gasteiger partial charge in [-0.05, 0) is 51.5 Å². The summed E-state index contributed by atoms with van der Waals surface area (Å²) in [7, 11) is 0. The minimum absolute atomic E-state index is 0.0929. The van der Waals surface area contributed by atoms with Gasteiger partial charge < -0.3 is 15.0 Å². The van der Waals surface area contributed by atoms with Crippen LogP contribution in [0.3, 0.4) is 0 Å². The number of carbonyl (C=O) groups excluding carboxylic acids is 1. The van der Waals surface area contributed by atoms with E-state index in [2.05, 4.69) is 17.2 Å². The number of ether oxygens (including phenoxy) is 1. The van der Waals surface area contributed by atoms with Crippen LogP contribution in [-0.4, -0.2) is 40.5 Å². The summed E-state index contributed by atoms with van der Waals surface area (Å²) < 4.78 is 19.1. The molecule has 2 aromatic heterocycles. The predicted octanol–water partition coefficient (Wildman–Crippen LogP) is 4.74. The molecule has 1 N–H and O–H groups in total.